The number of nitriles is 1. The molecule has 0 fully saturated rings. The minimum Gasteiger partial charge on any atom is -0.477 e. The summed E-state index contributed by atoms with van der Waals surface area (Å²) in [5, 5.41) is 18.9. The smallest absolute Gasteiger partial charge is 0.346 e. The number of carboxylic acids is 1. The summed E-state index contributed by atoms with van der Waals surface area (Å²) in [7, 11) is 0. The molecule has 0 aliphatic carbocycles. The van der Waals surface area contributed by atoms with E-state index in [1.807, 2.05) is 31.2 Å². The summed E-state index contributed by atoms with van der Waals surface area (Å²) in [4.78, 5) is 12.6. The average molecular weight is 313 g/mol. The van der Waals surface area contributed by atoms with Gasteiger partial charge in [-0.2, -0.15) is 5.26 Å². The lowest BCUT2D eigenvalue weighted by Crippen LogP contribution is -2.10. The first-order valence-electron chi connectivity index (χ1n) is 7.19. The molecule has 0 bridgehead atoms. The van der Waals surface area contributed by atoms with E-state index in [1.165, 1.54) is 16.9 Å². The molecular formula is C18H19NO2S. The van der Waals surface area contributed by atoms with Crippen LogP contribution in [0.15, 0.2) is 24.3 Å². The van der Waals surface area contributed by atoms with Crippen LogP contribution in [0.2, 0.25) is 0 Å². The molecule has 22 heavy (non-hydrogen) atoms. The number of carboxylic acid groups (broad SMARTS) is 1. The molecule has 0 aliphatic heterocycles. The maximum absolute atomic E-state index is 11.5. The van der Waals surface area contributed by atoms with Gasteiger partial charge in [-0.05, 0) is 23.0 Å². The Balaban J connectivity index is 2.64. The monoisotopic (exact) mass is 313 g/mol. The number of carbonyl (C=O) groups is 1. The number of aryl methyl sites for hydroxylation is 1. The van der Waals surface area contributed by atoms with Crippen molar-refractivity contribution in [2.75, 3.05) is 0 Å². The van der Waals surface area contributed by atoms with Gasteiger partial charge in [0.25, 0.3) is 0 Å². The molecule has 4 heteroatoms. The zero-order chi connectivity index (χ0) is 16.5. The SMILES string of the molecule is CCc1sc(C(=O)O)c(-c2ccc(C(C)(C)C)cc2)c1C#N. The Bertz CT molecular complexity index is 743. The molecule has 0 spiro atoms. The highest BCUT2D eigenvalue weighted by Crippen LogP contribution is 2.37. The van der Waals surface area contributed by atoms with Gasteiger partial charge in [0.2, 0.25) is 0 Å². The molecule has 0 atom stereocenters. The van der Waals surface area contributed by atoms with Gasteiger partial charge in [-0.15, -0.1) is 11.3 Å². The third kappa shape index (κ3) is 2.90. The van der Waals surface area contributed by atoms with Gasteiger partial charge in [-0.25, -0.2) is 4.79 Å². The third-order valence-electron chi connectivity index (χ3n) is 3.65. The summed E-state index contributed by atoms with van der Waals surface area (Å²) >= 11 is 1.20. The van der Waals surface area contributed by atoms with Crippen LogP contribution in [0.25, 0.3) is 11.1 Å². The Labute approximate surface area is 134 Å². The van der Waals surface area contributed by atoms with Crippen LogP contribution in [0.1, 0.15) is 53.4 Å². The van der Waals surface area contributed by atoms with Gasteiger partial charge in [0.1, 0.15) is 10.9 Å². The molecule has 0 radical (unpaired) electrons. The van der Waals surface area contributed by atoms with Crippen LogP contribution in [0, 0.1) is 11.3 Å². The molecule has 1 heterocycles. The fourth-order valence-electron chi connectivity index (χ4n) is 2.41. The van der Waals surface area contributed by atoms with E-state index in [9.17, 15) is 15.2 Å². The van der Waals surface area contributed by atoms with Crippen molar-refractivity contribution in [3.8, 4) is 17.2 Å². The van der Waals surface area contributed by atoms with E-state index < -0.39 is 5.97 Å². The molecular weight excluding hydrogens is 294 g/mol. The standard InChI is InChI=1S/C18H19NO2S/c1-5-14-13(10-19)15(16(22-14)17(20)21)11-6-8-12(9-7-11)18(2,3)4/h6-9H,5H2,1-4H3,(H,20,21). The van der Waals surface area contributed by atoms with E-state index in [2.05, 4.69) is 26.8 Å². The van der Waals surface area contributed by atoms with E-state index in [0.29, 0.717) is 17.5 Å². The average Bonchev–Trinajstić information content (AvgIpc) is 2.85. The molecule has 0 saturated carbocycles. The fraction of sp³-hybridized carbons (Fsp3) is 0.333. The van der Waals surface area contributed by atoms with Crippen LogP contribution >= 0.6 is 11.3 Å². The van der Waals surface area contributed by atoms with Crippen molar-refractivity contribution in [2.45, 2.75) is 39.5 Å². The Hall–Kier alpha value is -2.12. The Morgan fingerprint density at radius 1 is 1.27 bits per heavy atom. The summed E-state index contributed by atoms with van der Waals surface area (Å²) in [6.45, 7) is 8.33. The lowest BCUT2D eigenvalue weighted by Gasteiger charge is -2.19. The minimum absolute atomic E-state index is 0.0371. The fourth-order valence-corrected chi connectivity index (χ4v) is 3.46. The lowest BCUT2D eigenvalue weighted by molar-refractivity contribution is 0.0703. The number of hydrogen-bond donors (Lipinski definition) is 1. The Morgan fingerprint density at radius 3 is 2.27 bits per heavy atom. The number of thiophene rings is 1. The van der Waals surface area contributed by atoms with Crippen LogP contribution in [-0.4, -0.2) is 11.1 Å². The molecule has 0 amide bonds. The van der Waals surface area contributed by atoms with Crippen LogP contribution in [-0.2, 0) is 11.8 Å². The summed E-state index contributed by atoms with van der Waals surface area (Å²) in [6.07, 6.45) is 0.661. The van der Waals surface area contributed by atoms with Crippen LogP contribution in [0.4, 0.5) is 0 Å². The summed E-state index contributed by atoms with van der Waals surface area (Å²) in [6, 6.07) is 10.0. The first-order chi connectivity index (χ1) is 10.3. The van der Waals surface area contributed by atoms with E-state index in [-0.39, 0.29) is 10.3 Å². The van der Waals surface area contributed by atoms with E-state index in [1.54, 1.807) is 0 Å². The van der Waals surface area contributed by atoms with Gasteiger partial charge >= 0.3 is 5.97 Å². The molecule has 0 unspecified atom stereocenters. The van der Waals surface area contributed by atoms with Crippen molar-refractivity contribution in [1.29, 1.82) is 5.26 Å². The molecule has 114 valence electrons. The molecule has 1 aromatic heterocycles. The summed E-state index contributed by atoms with van der Waals surface area (Å²) in [5.41, 5.74) is 3.05. The highest BCUT2D eigenvalue weighted by atomic mass is 32.1. The van der Waals surface area contributed by atoms with Crippen molar-refractivity contribution >= 4 is 17.3 Å². The largest absolute Gasteiger partial charge is 0.477 e. The van der Waals surface area contributed by atoms with Crippen LogP contribution < -0.4 is 0 Å². The number of aromatic carboxylic acids is 1. The second-order valence-corrected chi connectivity index (χ2v) is 7.31. The van der Waals surface area contributed by atoms with Crippen LogP contribution in [0.5, 0.6) is 0 Å². The van der Waals surface area contributed by atoms with Gasteiger partial charge in [-0.3, -0.25) is 0 Å². The highest BCUT2D eigenvalue weighted by Gasteiger charge is 2.23. The molecule has 0 saturated heterocycles. The van der Waals surface area contributed by atoms with E-state index in [0.717, 1.165) is 10.4 Å². The molecule has 2 aromatic rings. The predicted octanol–water partition coefficient (Wildman–Crippen LogP) is 4.84. The number of benzene rings is 1. The molecule has 2 rings (SSSR count). The predicted molar refractivity (Wildman–Crippen MR) is 89.5 cm³/mol. The third-order valence-corrected chi connectivity index (χ3v) is 4.97. The summed E-state index contributed by atoms with van der Waals surface area (Å²) < 4.78 is 0. The number of hydrogen-bond acceptors (Lipinski definition) is 3. The lowest BCUT2D eigenvalue weighted by atomic mass is 9.86. The zero-order valence-corrected chi connectivity index (χ0v) is 14.0. The highest BCUT2D eigenvalue weighted by molar-refractivity contribution is 7.14. The Kier molecular flexibility index (Phi) is 4.39. The van der Waals surface area contributed by atoms with E-state index in [4.69, 9.17) is 0 Å². The second kappa shape index (κ2) is 5.94. The molecule has 1 N–H and O–H groups in total. The maximum atomic E-state index is 11.5. The Morgan fingerprint density at radius 2 is 1.86 bits per heavy atom. The van der Waals surface area contributed by atoms with Gasteiger partial charge in [-0.1, -0.05) is 52.0 Å². The van der Waals surface area contributed by atoms with Gasteiger partial charge in [0.05, 0.1) is 5.56 Å². The number of nitrogens with zero attached hydrogens (tertiary/aromatic N) is 1. The van der Waals surface area contributed by atoms with Crippen molar-refractivity contribution in [3.05, 3.63) is 45.1 Å². The topological polar surface area (TPSA) is 61.1 Å². The van der Waals surface area contributed by atoms with Gasteiger partial charge in [0, 0.05) is 10.4 Å². The first kappa shape index (κ1) is 16.3. The van der Waals surface area contributed by atoms with Crippen molar-refractivity contribution in [2.24, 2.45) is 0 Å². The van der Waals surface area contributed by atoms with Crippen molar-refractivity contribution in [1.82, 2.24) is 0 Å². The number of rotatable bonds is 3. The molecule has 3 nitrogen and oxygen atoms in total. The van der Waals surface area contributed by atoms with E-state index >= 15 is 0 Å². The summed E-state index contributed by atoms with van der Waals surface area (Å²) in [5.74, 6) is -0.976. The van der Waals surface area contributed by atoms with Crippen molar-refractivity contribution < 1.29 is 9.90 Å². The molecule has 0 aliphatic rings. The zero-order valence-electron chi connectivity index (χ0n) is 13.2. The first-order valence-corrected chi connectivity index (χ1v) is 8.01. The quantitative estimate of drug-likeness (QED) is 0.881. The maximum Gasteiger partial charge on any atom is 0.346 e. The molecule has 1 aromatic carbocycles. The second-order valence-electron chi connectivity index (χ2n) is 6.20. The van der Waals surface area contributed by atoms with Gasteiger partial charge < -0.3 is 5.11 Å². The van der Waals surface area contributed by atoms with Crippen molar-refractivity contribution in [3.63, 3.8) is 0 Å². The van der Waals surface area contributed by atoms with Crippen LogP contribution in [0.3, 0.4) is 0 Å². The normalized spacial score (nSPS) is 11.2. The minimum atomic E-state index is -0.976. The van der Waals surface area contributed by atoms with Gasteiger partial charge in [0.15, 0.2) is 0 Å².